The van der Waals surface area contributed by atoms with Crippen LogP contribution in [0.5, 0.6) is 0 Å². The van der Waals surface area contributed by atoms with Crippen molar-refractivity contribution in [2.45, 2.75) is 19.6 Å². The van der Waals surface area contributed by atoms with Crippen LogP contribution in [0.3, 0.4) is 0 Å². The highest BCUT2D eigenvalue weighted by molar-refractivity contribution is 6.30. The van der Waals surface area contributed by atoms with E-state index in [0.717, 1.165) is 5.56 Å². The summed E-state index contributed by atoms with van der Waals surface area (Å²) in [5.74, 6) is -1.32. The van der Waals surface area contributed by atoms with Gasteiger partial charge in [0.15, 0.2) is 11.8 Å². The van der Waals surface area contributed by atoms with E-state index in [-0.39, 0.29) is 17.8 Å². The number of anilines is 1. The van der Waals surface area contributed by atoms with Crippen LogP contribution in [-0.2, 0) is 16.1 Å². The Kier molecular flexibility index (Phi) is 6.41. The number of hydrogen-bond acceptors (Lipinski definition) is 5. The second-order valence-electron chi connectivity index (χ2n) is 6.25. The molecule has 0 saturated carbocycles. The van der Waals surface area contributed by atoms with Crippen molar-refractivity contribution in [3.63, 3.8) is 0 Å². The molecule has 7 nitrogen and oxygen atoms in total. The third-order valence-electron chi connectivity index (χ3n) is 4.00. The molecular formula is C21H18ClN3O4. The third kappa shape index (κ3) is 5.52. The topological polar surface area (TPSA) is 90.3 Å². The van der Waals surface area contributed by atoms with E-state index < -0.39 is 18.0 Å². The Morgan fingerprint density at radius 1 is 1.10 bits per heavy atom. The van der Waals surface area contributed by atoms with Crippen LogP contribution in [0.1, 0.15) is 23.0 Å². The third-order valence-corrected chi connectivity index (χ3v) is 4.23. The Bertz CT molecular complexity index is 1080. The summed E-state index contributed by atoms with van der Waals surface area (Å²) in [4.78, 5) is 36.7. The van der Waals surface area contributed by atoms with Gasteiger partial charge in [-0.05, 0) is 36.8 Å². The van der Waals surface area contributed by atoms with Gasteiger partial charge in [-0.1, -0.05) is 48.0 Å². The fourth-order valence-corrected chi connectivity index (χ4v) is 2.70. The van der Waals surface area contributed by atoms with Gasteiger partial charge in [-0.2, -0.15) is 5.10 Å². The molecule has 0 bridgehead atoms. The largest absolute Gasteiger partial charge is 0.448 e. The van der Waals surface area contributed by atoms with Gasteiger partial charge in [-0.25, -0.2) is 9.48 Å². The number of amides is 1. The van der Waals surface area contributed by atoms with Crippen LogP contribution in [-0.4, -0.2) is 27.8 Å². The van der Waals surface area contributed by atoms with Crippen LogP contribution in [0.4, 0.5) is 5.69 Å². The van der Waals surface area contributed by atoms with Crippen molar-refractivity contribution in [1.82, 2.24) is 9.78 Å². The molecule has 3 rings (SSSR count). The van der Waals surface area contributed by atoms with Crippen LogP contribution >= 0.6 is 11.6 Å². The number of esters is 1. The number of carbonyl (C=O) groups is 2. The van der Waals surface area contributed by atoms with Crippen LogP contribution in [0.15, 0.2) is 71.5 Å². The lowest BCUT2D eigenvalue weighted by Crippen LogP contribution is -2.31. The number of rotatable bonds is 6. The van der Waals surface area contributed by atoms with Crippen molar-refractivity contribution in [2.24, 2.45) is 0 Å². The zero-order valence-corrected chi connectivity index (χ0v) is 16.3. The van der Waals surface area contributed by atoms with Crippen LogP contribution in [0.2, 0.25) is 5.02 Å². The first-order valence-electron chi connectivity index (χ1n) is 8.82. The highest BCUT2D eigenvalue weighted by atomic mass is 35.5. The van der Waals surface area contributed by atoms with Crippen molar-refractivity contribution in [1.29, 1.82) is 0 Å². The van der Waals surface area contributed by atoms with Gasteiger partial charge >= 0.3 is 5.97 Å². The van der Waals surface area contributed by atoms with E-state index in [2.05, 4.69) is 10.4 Å². The summed E-state index contributed by atoms with van der Waals surface area (Å²) in [5.41, 5.74) is 0.932. The van der Waals surface area contributed by atoms with Gasteiger partial charge < -0.3 is 10.1 Å². The lowest BCUT2D eigenvalue weighted by molar-refractivity contribution is -0.123. The molecule has 0 saturated heterocycles. The lowest BCUT2D eigenvalue weighted by atomic mass is 10.2. The molecule has 3 aromatic rings. The Morgan fingerprint density at radius 2 is 1.86 bits per heavy atom. The van der Waals surface area contributed by atoms with Crippen molar-refractivity contribution in [2.75, 3.05) is 5.32 Å². The summed E-state index contributed by atoms with van der Waals surface area (Å²) >= 11 is 5.89. The van der Waals surface area contributed by atoms with Gasteiger partial charge in [0.25, 0.3) is 11.5 Å². The zero-order chi connectivity index (χ0) is 20.8. The molecule has 0 aliphatic rings. The number of nitrogens with zero attached hydrogens (tertiary/aromatic N) is 2. The molecule has 0 unspecified atom stereocenters. The van der Waals surface area contributed by atoms with Gasteiger partial charge in [0.05, 0.1) is 6.54 Å². The molecule has 2 aromatic carbocycles. The molecule has 0 spiro atoms. The van der Waals surface area contributed by atoms with Crippen LogP contribution < -0.4 is 10.9 Å². The van der Waals surface area contributed by atoms with Crippen LogP contribution in [0.25, 0.3) is 0 Å². The number of ether oxygens (including phenoxy) is 1. The molecule has 0 fully saturated rings. The number of hydrogen-bond donors (Lipinski definition) is 1. The maximum Gasteiger partial charge on any atom is 0.359 e. The maximum atomic E-state index is 12.4. The predicted molar refractivity (Wildman–Crippen MR) is 109 cm³/mol. The molecule has 1 N–H and O–H groups in total. The van der Waals surface area contributed by atoms with E-state index in [4.69, 9.17) is 16.3 Å². The standard InChI is InChI=1S/C21H18ClN3O4/c1-14(20(27)23-17-9-5-8-16(22)12-17)29-21(28)18-10-11-19(26)25(24-18)13-15-6-3-2-4-7-15/h2-12,14H,13H2,1H3,(H,23,27)/t14-/m1/s1. The lowest BCUT2D eigenvalue weighted by Gasteiger charge is -2.14. The van der Waals surface area contributed by atoms with E-state index in [9.17, 15) is 14.4 Å². The Balaban J connectivity index is 1.67. The second kappa shape index (κ2) is 9.16. The van der Waals surface area contributed by atoms with E-state index in [0.29, 0.717) is 10.7 Å². The average molecular weight is 412 g/mol. The number of carbonyl (C=O) groups excluding carboxylic acids is 2. The molecule has 1 aromatic heterocycles. The van der Waals surface area contributed by atoms with E-state index >= 15 is 0 Å². The molecular weight excluding hydrogens is 394 g/mol. The van der Waals surface area contributed by atoms with Crippen molar-refractivity contribution in [3.8, 4) is 0 Å². The Morgan fingerprint density at radius 3 is 2.59 bits per heavy atom. The molecule has 0 radical (unpaired) electrons. The second-order valence-corrected chi connectivity index (χ2v) is 6.68. The SMILES string of the molecule is C[C@@H](OC(=O)c1ccc(=O)n(Cc2ccccc2)n1)C(=O)Nc1cccc(Cl)c1. The molecule has 0 aliphatic carbocycles. The number of nitrogens with one attached hydrogen (secondary N) is 1. The summed E-state index contributed by atoms with van der Waals surface area (Å²) in [7, 11) is 0. The minimum absolute atomic E-state index is 0.0667. The highest BCUT2D eigenvalue weighted by Gasteiger charge is 2.20. The fraction of sp³-hybridized carbons (Fsp3) is 0.143. The van der Waals surface area contributed by atoms with Crippen molar-refractivity contribution in [3.05, 3.63) is 93.4 Å². The predicted octanol–water partition coefficient (Wildman–Crippen LogP) is 3.13. The molecule has 1 atom stereocenters. The Hall–Kier alpha value is -3.45. The highest BCUT2D eigenvalue weighted by Crippen LogP contribution is 2.15. The molecule has 0 aliphatic heterocycles. The first kappa shape index (κ1) is 20.3. The summed E-state index contributed by atoms with van der Waals surface area (Å²) in [5, 5.41) is 7.14. The minimum Gasteiger partial charge on any atom is -0.448 e. The van der Waals surface area contributed by atoms with Crippen molar-refractivity contribution < 1.29 is 14.3 Å². The summed E-state index contributed by atoms with van der Waals surface area (Å²) < 4.78 is 6.35. The smallest absolute Gasteiger partial charge is 0.359 e. The monoisotopic (exact) mass is 411 g/mol. The maximum absolute atomic E-state index is 12.4. The first-order valence-corrected chi connectivity index (χ1v) is 9.19. The number of aromatic nitrogens is 2. The summed E-state index contributed by atoms with van der Waals surface area (Å²) in [6.45, 7) is 1.66. The molecule has 29 heavy (non-hydrogen) atoms. The fourth-order valence-electron chi connectivity index (χ4n) is 2.51. The van der Waals surface area contributed by atoms with Crippen molar-refractivity contribution >= 4 is 29.2 Å². The van der Waals surface area contributed by atoms with E-state index in [1.54, 1.807) is 24.3 Å². The van der Waals surface area contributed by atoms with E-state index in [1.807, 2.05) is 30.3 Å². The minimum atomic E-state index is -1.07. The molecule has 1 heterocycles. The van der Waals surface area contributed by atoms with Gasteiger partial charge in [-0.3, -0.25) is 9.59 Å². The molecule has 1 amide bonds. The quantitative estimate of drug-likeness (QED) is 0.629. The normalized spacial score (nSPS) is 11.5. The summed E-state index contributed by atoms with van der Waals surface area (Å²) in [6.07, 6.45) is -1.07. The molecule has 148 valence electrons. The Labute approximate surface area is 171 Å². The average Bonchev–Trinajstić information content (AvgIpc) is 2.70. The number of halogens is 1. The first-order chi connectivity index (χ1) is 13.9. The zero-order valence-electron chi connectivity index (χ0n) is 15.5. The van der Waals surface area contributed by atoms with E-state index in [1.165, 1.54) is 23.7 Å². The van der Waals surface area contributed by atoms with Crippen LogP contribution in [0, 0.1) is 0 Å². The summed E-state index contributed by atoms with van der Waals surface area (Å²) in [6, 6.07) is 18.4. The van der Waals surface area contributed by atoms with Gasteiger partial charge in [0, 0.05) is 16.8 Å². The van der Waals surface area contributed by atoms with Gasteiger partial charge in [-0.15, -0.1) is 0 Å². The molecule has 8 heteroatoms. The number of benzene rings is 2. The van der Waals surface area contributed by atoms with Gasteiger partial charge in [0.2, 0.25) is 0 Å². The van der Waals surface area contributed by atoms with Gasteiger partial charge in [0.1, 0.15) is 0 Å².